The van der Waals surface area contributed by atoms with E-state index in [1.807, 2.05) is 0 Å². The number of aliphatic hydroxyl groups is 3. The second-order valence-electron chi connectivity index (χ2n) is 11.4. The van der Waals surface area contributed by atoms with Crippen LogP contribution in [0.25, 0.3) is 0 Å². The molecule has 3 N–H and O–H groups in total. The van der Waals surface area contributed by atoms with Crippen LogP contribution in [0.5, 0.6) is 0 Å². The summed E-state index contributed by atoms with van der Waals surface area (Å²) < 4.78 is 0. The Labute approximate surface area is 174 Å². The SMILES string of the molecule is C[C@H](CCC(=O)[O-])[C@H]1CC[C@H]2[C@@H]3C[C@H](O)[C@@H]4C[C@H](O)CC[C@]4(C)[C@H]3C[C@H](O)[C@]12C. The molecule has 11 atom stereocenters. The molecule has 29 heavy (non-hydrogen) atoms. The van der Waals surface area contributed by atoms with Gasteiger partial charge >= 0.3 is 0 Å². The maximum absolute atomic E-state index is 11.5. The number of carbonyl (C=O) groups excluding carboxylic acids is 1. The molecular weight excluding hydrogens is 368 g/mol. The molecule has 0 aromatic heterocycles. The number of hydrogen-bond acceptors (Lipinski definition) is 5. The van der Waals surface area contributed by atoms with Crippen molar-refractivity contribution in [2.24, 2.45) is 46.3 Å². The Hall–Kier alpha value is -0.650. The number of fused-ring (bicyclic) bond motifs is 5. The van der Waals surface area contributed by atoms with Crippen molar-refractivity contribution in [1.82, 2.24) is 0 Å². The number of aliphatic hydroxyl groups excluding tert-OH is 3. The van der Waals surface area contributed by atoms with E-state index in [0.717, 1.165) is 38.5 Å². The fourth-order valence-corrected chi connectivity index (χ4v) is 8.75. The monoisotopic (exact) mass is 407 g/mol. The van der Waals surface area contributed by atoms with Crippen LogP contribution in [0.15, 0.2) is 0 Å². The van der Waals surface area contributed by atoms with Crippen LogP contribution in [-0.4, -0.2) is 39.6 Å². The first kappa shape index (κ1) is 21.6. The Bertz CT molecular complexity index is 637. The molecule has 0 heterocycles. The van der Waals surface area contributed by atoms with E-state index in [4.69, 9.17) is 0 Å². The van der Waals surface area contributed by atoms with Crippen molar-refractivity contribution in [3.8, 4) is 0 Å². The van der Waals surface area contributed by atoms with Gasteiger partial charge in [-0.3, -0.25) is 0 Å². The Morgan fingerprint density at radius 3 is 2.45 bits per heavy atom. The zero-order chi connectivity index (χ0) is 21.1. The summed E-state index contributed by atoms with van der Waals surface area (Å²) >= 11 is 0. The van der Waals surface area contributed by atoms with E-state index in [0.29, 0.717) is 36.5 Å². The van der Waals surface area contributed by atoms with Gasteiger partial charge in [0.25, 0.3) is 0 Å². The van der Waals surface area contributed by atoms with Gasteiger partial charge in [0.15, 0.2) is 0 Å². The van der Waals surface area contributed by atoms with Crippen LogP contribution in [0.2, 0.25) is 0 Å². The van der Waals surface area contributed by atoms with Crippen LogP contribution in [0.3, 0.4) is 0 Å². The predicted octanol–water partition coefficient (Wildman–Crippen LogP) is 2.11. The molecule has 4 saturated carbocycles. The molecule has 0 radical (unpaired) electrons. The fraction of sp³-hybridized carbons (Fsp3) is 0.958. The van der Waals surface area contributed by atoms with Crippen LogP contribution in [0, 0.1) is 46.3 Å². The molecule has 0 saturated heterocycles. The molecule has 0 aromatic rings. The van der Waals surface area contributed by atoms with Gasteiger partial charge in [0.05, 0.1) is 18.3 Å². The molecule has 4 fully saturated rings. The lowest BCUT2D eigenvalue weighted by atomic mass is 9.43. The number of carboxylic acid groups (broad SMARTS) is 1. The molecule has 4 rings (SSSR count). The number of hydrogen-bond donors (Lipinski definition) is 3. The van der Waals surface area contributed by atoms with Gasteiger partial charge in [-0.15, -0.1) is 0 Å². The van der Waals surface area contributed by atoms with Gasteiger partial charge in [0.2, 0.25) is 0 Å². The highest BCUT2D eigenvalue weighted by Gasteiger charge is 2.65. The van der Waals surface area contributed by atoms with Crippen LogP contribution in [0.4, 0.5) is 0 Å². The Morgan fingerprint density at radius 1 is 1.03 bits per heavy atom. The van der Waals surface area contributed by atoms with Crippen molar-refractivity contribution in [2.75, 3.05) is 0 Å². The van der Waals surface area contributed by atoms with Gasteiger partial charge in [-0.2, -0.15) is 0 Å². The second kappa shape index (κ2) is 7.49. The summed E-state index contributed by atoms with van der Waals surface area (Å²) in [5.74, 6) is 0.889. The average Bonchev–Trinajstić information content (AvgIpc) is 3.02. The summed E-state index contributed by atoms with van der Waals surface area (Å²) in [6.07, 6.45) is 5.69. The Balaban J connectivity index is 1.60. The molecule has 4 aliphatic rings. The number of rotatable bonds is 4. The normalized spacial score (nSPS) is 52.9. The summed E-state index contributed by atoms with van der Waals surface area (Å²) in [4.78, 5) is 11.0. The minimum absolute atomic E-state index is 0.0114. The van der Waals surface area contributed by atoms with Crippen LogP contribution in [-0.2, 0) is 4.79 Å². The lowest BCUT2D eigenvalue weighted by Gasteiger charge is -2.63. The maximum atomic E-state index is 11.5. The number of carbonyl (C=O) groups is 1. The van der Waals surface area contributed by atoms with Crippen LogP contribution in [0.1, 0.15) is 78.6 Å². The van der Waals surface area contributed by atoms with Gasteiger partial charge in [-0.25, -0.2) is 0 Å². The van der Waals surface area contributed by atoms with Crippen molar-refractivity contribution in [1.29, 1.82) is 0 Å². The zero-order valence-corrected chi connectivity index (χ0v) is 18.2. The van der Waals surface area contributed by atoms with E-state index in [-0.39, 0.29) is 47.4 Å². The summed E-state index contributed by atoms with van der Waals surface area (Å²) in [7, 11) is 0. The lowest BCUT2D eigenvalue weighted by Crippen LogP contribution is -2.61. The minimum Gasteiger partial charge on any atom is -0.550 e. The standard InChI is InChI=1S/C24H40O5/c1-13(4-7-22(28)29)16-5-6-17-15-11-20(26)19-10-14(25)8-9-23(19,2)18(15)12-21(27)24(16,17)3/h13-21,25-27H,4-12H2,1-3H3,(H,28,29)/p-1/t13-,14-,15+,16-,17+,18+,19+,20+,21+,23-,24-/m1/s1. The molecule has 0 amide bonds. The number of carboxylic acids is 1. The molecular formula is C24H39O5-. The highest BCUT2D eigenvalue weighted by Crippen LogP contribution is 2.68. The molecule has 0 spiro atoms. The predicted molar refractivity (Wildman–Crippen MR) is 107 cm³/mol. The quantitative estimate of drug-likeness (QED) is 0.663. The summed E-state index contributed by atoms with van der Waals surface area (Å²) in [6.45, 7) is 6.67. The van der Waals surface area contributed by atoms with Gasteiger partial charge in [0, 0.05) is 5.97 Å². The molecule has 0 unspecified atom stereocenters. The third kappa shape index (κ3) is 3.27. The summed E-state index contributed by atoms with van der Waals surface area (Å²) in [6, 6.07) is 0. The van der Waals surface area contributed by atoms with E-state index < -0.39 is 5.97 Å². The second-order valence-corrected chi connectivity index (χ2v) is 11.4. The van der Waals surface area contributed by atoms with E-state index in [1.165, 1.54) is 0 Å². The molecule has 0 aromatic carbocycles. The molecule has 5 heteroatoms. The first-order valence-electron chi connectivity index (χ1n) is 11.8. The first-order chi connectivity index (χ1) is 13.6. The van der Waals surface area contributed by atoms with Crippen molar-refractivity contribution in [2.45, 2.75) is 96.9 Å². The molecule has 0 bridgehead atoms. The van der Waals surface area contributed by atoms with E-state index >= 15 is 0 Å². The largest absolute Gasteiger partial charge is 0.550 e. The summed E-state index contributed by atoms with van der Waals surface area (Å²) in [5.41, 5.74) is -0.216. The highest BCUT2D eigenvalue weighted by atomic mass is 16.4. The van der Waals surface area contributed by atoms with Crippen molar-refractivity contribution in [3.05, 3.63) is 0 Å². The van der Waals surface area contributed by atoms with E-state index in [2.05, 4.69) is 20.8 Å². The maximum Gasteiger partial charge on any atom is 0.0602 e. The minimum atomic E-state index is -0.991. The first-order valence-corrected chi connectivity index (χ1v) is 11.8. The zero-order valence-electron chi connectivity index (χ0n) is 18.2. The van der Waals surface area contributed by atoms with E-state index in [9.17, 15) is 25.2 Å². The number of aliphatic carboxylic acids is 1. The Kier molecular flexibility index (Phi) is 5.57. The smallest absolute Gasteiger partial charge is 0.0602 e. The molecule has 166 valence electrons. The van der Waals surface area contributed by atoms with Crippen LogP contribution >= 0.6 is 0 Å². The van der Waals surface area contributed by atoms with Gasteiger partial charge in [0.1, 0.15) is 0 Å². The average molecular weight is 408 g/mol. The molecule has 5 nitrogen and oxygen atoms in total. The van der Waals surface area contributed by atoms with Gasteiger partial charge in [-0.1, -0.05) is 20.8 Å². The summed E-state index contributed by atoms with van der Waals surface area (Å²) in [5, 5.41) is 43.7. The topological polar surface area (TPSA) is 101 Å². The van der Waals surface area contributed by atoms with Gasteiger partial charge in [-0.05, 0) is 104 Å². The van der Waals surface area contributed by atoms with Crippen molar-refractivity contribution in [3.63, 3.8) is 0 Å². The van der Waals surface area contributed by atoms with Gasteiger partial charge < -0.3 is 25.2 Å². The van der Waals surface area contributed by atoms with Crippen molar-refractivity contribution >= 4 is 5.97 Å². The third-order valence-electron chi connectivity index (χ3n) is 10.3. The highest BCUT2D eigenvalue weighted by molar-refractivity contribution is 5.64. The molecule has 0 aliphatic heterocycles. The lowest BCUT2D eigenvalue weighted by molar-refractivity contribution is -0.306. The van der Waals surface area contributed by atoms with Crippen LogP contribution < -0.4 is 5.11 Å². The fourth-order valence-electron chi connectivity index (χ4n) is 8.75. The van der Waals surface area contributed by atoms with E-state index in [1.54, 1.807) is 0 Å². The Morgan fingerprint density at radius 2 is 1.76 bits per heavy atom. The van der Waals surface area contributed by atoms with Crippen molar-refractivity contribution < 1.29 is 25.2 Å². The third-order valence-corrected chi connectivity index (χ3v) is 10.3. The molecule has 4 aliphatic carbocycles.